The fourth-order valence-electron chi connectivity index (χ4n) is 0.976. The molecule has 0 unspecified atom stereocenters. The van der Waals surface area contributed by atoms with Crippen molar-refractivity contribution in [2.75, 3.05) is 6.54 Å². The molecule has 0 bridgehead atoms. The van der Waals surface area contributed by atoms with E-state index in [-0.39, 0.29) is 5.91 Å². The second-order valence-electron chi connectivity index (χ2n) is 4.10. The van der Waals surface area contributed by atoms with Crippen LogP contribution in [-0.4, -0.2) is 12.5 Å². The van der Waals surface area contributed by atoms with Crippen LogP contribution in [0, 0.1) is 5.92 Å². The van der Waals surface area contributed by atoms with Crippen molar-refractivity contribution in [2.45, 2.75) is 33.6 Å². The van der Waals surface area contributed by atoms with Crippen molar-refractivity contribution >= 4 is 5.91 Å². The molecule has 0 aliphatic carbocycles. The highest BCUT2D eigenvalue weighted by atomic mass is 16.1. The summed E-state index contributed by atoms with van der Waals surface area (Å²) in [5, 5.41) is 2.82. The van der Waals surface area contributed by atoms with E-state index in [2.05, 4.69) is 32.2 Å². The van der Waals surface area contributed by atoms with Crippen LogP contribution in [0.25, 0.3) is 0 Å². The van der Waals surface area contributed by atoms with E-state index in [1.165, 1.54) is 0 Å². The normalized spacial score (nSPS) is 12.2. The van der Waals surface area contributed by atoms with Gasteiger partial charge in [-0.1, -0.05) is 57.6 Å². The fraction of sp³-hybridized carbons (Fsp3) is 0.500. The first kappa shape index (κ1) is 14.7. The third kappa shape index (κ3) is 10.8. The summed E-state index contributed by atoms with van der Waals surface area (Å²) in [4.78, 5) is 11.2. The van der Waals surface area contributed by atoms with E-state index >= 15 is 0 Å². The minimum Gasteiger partial charge on any atom is -0.352 e. The molecule has 0 aliphatic rings. The molecule has 0 saturated carbocycles. The molecule has 0 radical (unpaired) electrons. The molecule has 0 aromatic heterocycles. The lowest BCUT2D eigenvalue weighted by atomic mass is 10.2. The van der Waals surface area contributed by atoms with Crippen molar-refractivity contribution in [1.82, 2.24) is 5.32 Å². The number of rotatable bonds is 7. The van der Waals surface area contributed by atoms with Gasteiger partial charge in [0.05, 0.1) is 0 Å². The molecule has 2 heteroatoms. The van der Waals surface area contributed by atoms with E-state index in [9.17, 15) is 4.79 Å². The van der Waals surface area contributed by atoms with Gasteiger partial charge in [-0.3, -0.25) is 4.79 Å². The maximum absolute atomic E-state index is 11.2. The molecular formula is C14H23NO. The Balaban J connectivity index is 3.70. The Kier molecular flexibility index (Phi) is 9.38. The molecule has 0 aromatic rings. The van der Waals surface area contributed by atoms with E-state index in [0.717, 1.165) is 19.4 Å². The first-order chi connectivity index (χ1) is 7.66. The van der Waals surface area contributed by atoms with Gasteiger partial charge in [-0.15, -0.1) is 0 Å². The van der Waals surface area contributed by atoms with Crippen LogP contribution in [0.4, 0.5) is 0 Å². The number of carbonyl (C=O) groups is 1. The van der Waals surface area contributed by atoms with Crippen LogP contribution in [0.5, 0.6) is 0 Å². The van der Waals surface area contributed by atoms with Gasteiger partial charge in [0.2, 0.25) is 5.91 Å². The zero-order chi connectivity index (χ0) is 12.2. The molecule has 0 aromatic carbocycles. The summed E-state index contributed by atoms with van der Waals surface area (Å²) >= 11 is 0. The van der Waals surface area contributed by atoms with Gasteiger partial charge in [0.1, 0.15) is 0 Å². The lowest BCUT2D eigenvalue weighted by Gasteiger charge is -2.03. The van der Waals surface area contributed by atoms with E-state index in [4.69, 9.17) is 0 Å². The van der Waals surface area contributed by atoms with E-state index in [1.807, 2.05) is 18.2 Å². The largest absolute Gasteiger partial charge is 0.352 e. The molecule has 1 amide bonds. The smallest absolute Gasteiger partial charge is 0.243 e. The number of hydrogen-bond donors (Lipinski definition) is 1. The first-order valence-electron chi connectivity index (χ1n) is 5.94. The Bertz CT molecular complexity index is 262. The van der Waals surface area contributed by atoms with Gasteiger partial charge in [-0.25, -0.2) is 0 Å². The lowest BCUT2D eigenvalue weighted by Crippen LogP contribution is -2.25. The minimum absolute atomic E-state index is 0.0316. The molecule has 0 spiro atoms. The van der Waals surface area contributed by atoms with Gasteiger partial charge in [0.25, 0.3) is 0 Å². The van der Waals surface area contributed by atoms with Crippen molar-refractivity contribution in [2.24, 2.45) is 5.92 Å². The fourth-order valence-corrected chi connectivity index (χ4v) is 0.976. The van der Waals surface area contributed by atoms with Gasteiger partial charge in [0.15, 0.2) is 0 Å². The third-order valence-electron chi connectivity index (χ3n) is 1.86. The summed E-state index contributed by atoms with van der Waals surface area (Å²) in [5.74, 6) is 0.459. The van der Waals surface area contributed by atoms with Crippen molar-refractivity contribution in [3.63, 3.8) is 0 Å². The van der Waals surface area contributed by atoms with Crippen molar-refractivity contribution < 1.29 is 4.79 Å². The molecule has 0 rings (SSSR count). The second kappa shape index (κ2) is 10.2. The van der Waals surface area contributed by atoms with Crippen LogP contribution in [0.1, 0.15) is 33.6 Å². The predicted molar refractivity (Wildman–Crippen MR) is 70.2 cm³/mol. The van der Waals surface area contributed by atoms with Gasteiger partial charge in [-0.2, -0.15) is 0 Å². The molecule has 90 valence electrons. The Hall–Kier alpha value is -1.31. The van der Waals surface area contributed by atoms with Gasteiger partial charge in [0, 0.05) is 12.6 Å². The Morgan fingerprint density at radius 2 is 1.88 bits per heavy atom. The van der Waals surface area contributed by atoms with E-state index < -0.39 is 0 Å². The van der Waals surface area contributed by atoms with Gasteiger partial charge >= 0.3 is 0 Å². The molecule has 1 N–H and O–H groups in total. The summed E-state index contributed by atoms with van der Waals surface area (Å²) < 4.78 is 0. The van der Waals surface area contributed by atoms with Crippen molar-refractivity contribution in [3.05, 3.63) is 36.5 Å². The molecule has 0 atom stereocenters. The molecular weight excluding hydrogens is 198 g/mol. The molecule has 16 heavy (non-hydrogen) atoms. The number of carbonyl (C=O) groups excluding carboxylic acids is 1. The standard InChI is InChI=1S/C14H23NO/c1-4-5-6-7-8-9-10-11-14(16)15-12-13(2)3/h6-11,13H,4-5,12H2,1-3H3,(H,15,16)/b7-6-,9-8+,11-10+. The maximum atomic E-state index is 11.2. The zero-order valence-electron chi connectivity index (χ0n) is 10.6. The summed E-state index contributed by atoms with van der Waals surface area (Å²) in [6.45, 7) is 7.02. The lowest BCUT2D eigenvalue weighted by molar-refractivity contribution is -0.116. The topological polar surface area (TPSA) is 29.1 Å². The number of amides is 1. The minimum atomic E-state index is -0.0316. The average Bonchev–Trinajstić information content (AvgIpc) is 2.25. The predicted octanol–water partition coefficient (Wildman–Crippen LogP) is 3.23. The summed E-state index contributed by atoms with van der Waals surface area (Å²) in [6, 6.07) is 0. The van der Waals surface area contributed by atoms with E-state index in [0.29, 0.717) is 5.92 Å². The molecule has 0 saturated heterocycles. The molecule has 0 aliphatic heterocycles. The average molecular weight is 221 g/mol. The highest BCUT2D eigenvalue weighted by Crippen LogP contribution is 1.89. The van der Waals surface area contributed by atoms with Crippen LogP contribution in [0.3, 0.4) is 0 Å². The van der Waals surface area contributed by atoms with Crippen LogP contribution in [0.15, 0.2) is 36.5 Å². The summed E-state index contributed by atoms with van der Waals surface area (Å²) in [6.07, 6.45) is 13.5. The first-order valence-corrected chi connectivity index (χ1v) is 5.94. The SMILES string of the molecule is CCC\C=C/C=C/C=C/C(=O)NCC(C)C. The Morgan fingerprint density at radius 3 is 2.50 bits per heavy atom. The Labute approximate surface area is 99.1 Å². The van der Waals surface area contributed by atoms with E-state index in [1.54, 1.807) is 12.2 Å². The second-order valence-corrected chi connectivity index (χ2v) is 4.10. The van der Waals surface area contributed by atoms with Crippen LogP contribution in [0.2, 0.25) is 0 Å². The van der Waals surface area contributed by atoms with Crippen LogP contribution in [-0.2, 0) is 4.79 Å². The highest BCUT2D eigenvalue weighted by Gasteiger charge is 1.95. The van der Waals surface area contributed by atoms with Gasteiger partial charge in [-0.05, 0) is 12.3 Å². The number of nitrogens with one attached hydrogen (secondary N) is 1. The van der Waals surface area contributed by atoms with Gasteiger partial charge < -0.3 is 5.32 Å². The van der Waals surface area contributed by atoms with Crippen LogP contribution < -0.4 is 5.32 Å². The quantitative estimate of drug-likeness (QED) is 0.519. The molecule has 0 fully saturated rings. The summed E-state index contributed by atoms with van der Waals surface area (Å²) in [5.41, 5.74) is 0. The monoisotopic (exact) mass is 221 g/mol. The zero-order valence-corrected chi connectivity index (χ0v) is 10.6. The Morgan fingerprint density at radius 1 is 1.19 bits per heavy atom. The highest BCUT2D eigenvalue weighted by molar-refractivity contribution is 5.87. The third-order valence-corrected chi connectivity index (χ3v) is 1.86. The van der Waals surface area contributed by atoms with Crippen LogP contribution >= 0.6 is 0 Å². The molecule has 2 nitrogen and oxygen atoms in total. The van der Waals surface area contributed by atoms with Crippen molar-refractivity contribution in [3.8, 4) is 0 Å². The molecule has 0 heterocycles. The number of unbranched alkanes of at least 4 members (excludes halogenated alkanes) is 1. The number of allylic oxidation sites excluding steroid dienone is 5. The van der Waals surface area contributed by atoms with Crippen molar-refractivity contribution in [1.29, 1.82) is 0 Å². The number of hydrogen-bond acceptors (Lipinski definition) is 1. The maximum Gasteiger partial charge on any atom is 0.243 e. The summed E-state index contributed by atoms with van der Waals surface area (Å²) in [7, 11) is 0.